The number of aryl methyl sites for hydroxylation is 3. The molecule has 13 heavy (non-hydrogen) atoms. The molecule has 0 atom stereocenters. The fourth-order valence-electron chi connectivity index (χ4n) is 1.41. The highest BCUT2D eigenvalue weighted by molar-refractivity contribution is 7.12. The van der Waals surface area contributed by atoms with Crippen molar-refractivity contribution < 1.29 is 0 Å². The summed E-state index contributed by atoms with van der Waals surface area (Å²) in [6.07, 6.45) is 0. The van der Waals surface area contributed by atoms with Gasteiger partial charge in [0.1, 0.15) is 0 Å². The summed E-state index contributed by atoms with van der Waals surface area (Å²) in [5.41, 5.74) is 3.58. The molecule has 0 aromatic carbocycles. The number of rotatable bonds is 1. The molecular weight excluding hydrogens is 180 g/mol. The third-order valence-corrected chi connectivity index (χ3v) is 3.01. The summed E-state index contributed by atoms with van der Waals surface area (Å²) >= 11 is 1.69. The molecule has 0 aliphatic heterocycles. The molecule has 0 aliphatic rings. The molecular formula is C10H12N2S. The predicted octanol–water partition coefficient (Wildman–Crippen LogP) is 2.86. The minimum atomic E-state index is 1.07. The summed E-state index contributed by atoms with van der Waals surface area (Å²) in [4.78, 5) is 4.46. The first-order chi connectivity index (χ1) is 6.18. The Labute approximate surface area is 81.9 Å². The van der Waals surface area contributed by atoms with E-state index in [1.807, 2.05) is 6.92 Å². The fraction of sp³-hybridized carbons (Fsp3) is 0.300. The van der Waals surface area contributed by atoms with Gasteiger partial charge in [0.25, 0.3) is 0 Å². The van der Waals surface area contributed by atoms with Crippen LogP contribution in [0.25, 0.3) is 5.13 Å². The second-order valence-electron chi connectivity index (χ2n) is 3.22. The lowest BCUT2D eigenvalue weighted by Crippen LogP contribution is -1.97. The van der Waals surface area contributed by atoms with E-state index in [0.29, 0.717) is 0 Å². The van der Waals surface area contributed by atoms with Crippen LogP contribution in [-0.2, 0) is 0 Å². The Morgan fingerprint density at radius 1 is 1.15 bits per heavy atom. The molecule has 0 N–H and O–H groups in total. The first kappa shape index (κ1) is 8.51. The second-order valence-corrected chi connectivity index (χ2v) is 4.06. The molecule has 0 radical (unpaired) electrons. The highest BCUT2D eigenvalue weighted by atomic mass is 32.1. The quantitative estimate of drug-likeness (QED) is 0.679. The van der Waals surface area contributed by atoms with Crippen LogP contribution in [0.2, 0.25) is 0 Å². The lowest BCUT2D eigenvalue weighted by molar-refractivity contribution is 0.943. The maximum atomic E-state index is 4.46. The zero-order chi connectivity index (χ0) is 9.42. The van der Waals surface area contributed by atoms with E-state index < -0.39 is 0 Å². The first-order valence-electron chi connectivity index (χ1n) is 4.26. The molecule has 68 valence electrons. The molecule has 2 rings (SSSR count). The van der Waals surface area contributed by atoms with Crippen LogP contribution in [0.15, 0.2) is 17.5 Å². The van der Waals surface area contributed by atoms with Crippen molar-refractivity contribution in [1.29, 1.82) is 0 Å². The SMILES string of the molecule is Cc1csc(-n2c(C)ccc2C)n1. The molecule has 0 saturated carbocycles. The topological polar surface area (TPSA) is 17.8 Å². The summed E-state index contributed by atoms with van der Waals surface area (Å²) < 4.78 is 2.18. The van der Waals surface area contributed by atoms with Gasteiger partial charge in [-0.3, -0.25) is 4.57 Å². The van der Waals surface area contributed by atoms with E-state index in [1.165, 1.54) is 11.4 Å². The predicted molar refractivity (Wildman–Crippen MR) is 55.7 cm³/mol. The van der Waals surface area contributed by atoms with Gasteiger partial charge in [0.15, 0.2) is 5.13 Å². The van der Waals surface area contributed by atoms with E-state index in [1.54, 1.807) is 11.3 Å². The van der Waals surface area contributed by atoms with E-state index in [0.717, 1.165) is 10.8 Å². The summed E-state index contributed by atoms with van der Waals surface area (Å²) in [6, 6.07) is 4.23. The van der Waals surface area contributed by atoms with Crippen LogP contribution >= 0.6 is 11.3 Å². The van der Waals surface area contributed by atoms with Crippen molar-refractivity contribution >= 4 is 11.3 Å². The Kier molecular flexibility index (Phi) is 1.96. The van der Waals surface area contributed by atoms with E-state index in [-0.39, 0.29) is 0 Å². The van der Waals surface area contributed by atoms with Crippen molar-refractivity contribution in [2.24, 2.45) is 0 Å². The summed E-state index contributed by atoms with van der Waals surface area (Å²) in [6.45, 7) is 6.22. The van der Waals surface area contributed by atoms with Crippen molar-refractivity contribution in [3.63, 3.8) is 0 Å². The maximum absolute atomic E-state index is 4.46. The zero-order valence-electron chi connectivity index (χ0n) is 8.03. The highest BCUT2D eigenvalue weighted by Gasteiger charge is 2.06. The van der Waals surface area contributed by atoms with Crippen molar-refractivity contribution in [3.8, 4) is 5.13 Å². The Balaban J connectivity index is 2.57. The Morgan fingerprint density at radius 2 is 1.77 bits per heavy atom. The Bertz CT molecular complexity index is 406. The van der Waals surface area contributed by atoms with Gasteiger partial charge in [-0.1, -0.05) is 0 Å². The van der Waals surface area contributed by atoms with Gasteiger partial charge in [0, 0.05) is 16.8 Å². The van der Waals surface area contributed by atoms with E-state index in [4.69, 9.17) is 0 Å². The van der Waals surface area contributed by atoms with Crippen molar-refractivity contribution in [1.82, 2.24) is 9.55 Å². The standard InChI is InChI=1S/C10H12N2S/c1-7-6-13-10(11-7)12-8(2)4-5-9(12)3/h4-6H,1-3H3. The molecule has 0 amide bonds. The zero-order valence-corrected chi connectivity index (χ0v) is 8.85. The molecule has 2 heterocycles. The molecule has 2 nitrogen and oxygen atoms in total. The molecule has 2 aromatic heterocycles. The molecule has 0 unspecified atom stereocenters. The summed E-state index contributed by atoms with van der Waals surface area (Å²) in [5, 5.41) is 3.14. The van der Waals surface area contributed by atoms with Crippen LogP contribution in [0.3, 0.4) is 0 Å². The smallest absolute Gasteiger partial charge is 0.194 e. The monoisotopic (exact) mass is 192 g/mol. The molecule has 0 saturated heterocycles. The van der Waals surface area contributed by atoms with Crippen LogP contribution in [0, 0.1) is 20.8 Å². The lowest BCUT2D eigenvalue weighted by atomic mass is 10.5. The number of hydrogen-bond acceptors (Lipinski definition) is 2. The number of nitrogens with zero attached hydrogens (tertiary/aromatic N) is 2. The van der Waals surface area contributed by atoms with E-state index in [2.05, 4.69) is 40.9 Å². The minimum Gasteiger partial charge on any atom is -0.295 e. The van der Waals surface area contributed by atoms with Gasteiger partial charge in [0.05, 0.1) is 5.69 Å². The second kappa shape index (κ2) is 3.00. The summed E-state index contributed by atoms with van der Waals surface area (Å²) in [7, 11) is 0. The lowest BCUT2D eigenvalue weighted by Gasteiger charge is -2.03. The normalized spacial score (nSPS) is 10.7. The fourth-order valence-corrected chi connectivity index (χ4v) is 2.33. The first-order valence-corrected chi connectivity index (χ1v) is 5.14. The van der Waals surface area contributed by atoms with Crippen LogP contribution in [0.5, 0.6) is 0 Å². The largest absolute Gasteiger partial charge is 0.295 e. The maximum Gasteiger partial charge on any atom is 0.194 e. The Hall–Kier alpha value is -1.09. The number of thiazole rings is 1. The van der Waals surface area contributed by atoms with Gasteiger partial charge >= 0.3 is 0 Å². The van der Waals surface area contributed by atoms with Crippen LogP contribution in [0.4, 0.5) is 0 Å². The van der Waals surface area contributed by atoms with Gasteiger partial charge in [0.2, 0.25) is 0 Å². The van der Waals surface area contributed by atoms with Gasteiger partial charge < -0.3 is 0 Å². The van der Waals surface area contributed by atoms with Gasteiger partial charge in [-0.25, -0.2) is 4.98 Å². The molecule has 3 heteroatoms. The number of hydrogen-bond donors (Lipinski definition) is 0. The third-order valence-electron chi connectivity index (χ3n) is 2.07. The van der Waals surface area contributed by atoms with Crippen LogP contribution in [0.1, 0.15) is 17.1 Å². The molecule has 0 fully saturated rings. The number of aromatic nitrogens is 2. The molecule has 2 aromatic rings. The minimum absolute atomic E-state index is 1.07. The van der Waals surface area contributed by atoms with E-state index in [9.17, 15) is 0 Å². The average molecular weight is 192 g/mol. The third kappa shape index (κ3) is 1.40. The Morgan fingerprint density at radius 3 is 2.23 bits per heavy atom. The van der Waals surface area contributed by atoms with Crippen LogP contribution in [-0.4, -0.2) is 9.55 Å². The van der Waals surface area contributed by atoms with Gasteiger partial charge in [-0.2, -0.15) is 0 Å². The van der Waals surface area contributed by atoms with Gasteiger partial charge in [-0.05, 0) is 32.9 Å². The van der Waals surface area contributed by atoms with Crippen molar-refractivity contribution in [3.05, 3.63) is 34.6 Å². The van der Waals surface area contributed by atoms with Gasteiger partial charge in [-0.15, -0.1) is 11.3 Å². The average Bonchev–Trinajstić information content (AvgIpc) is 2.60. The molecule has 0 spiro atoms. The molecule has 0 bridgehead atoms. The van der Waals surface area contributed by atoms with E-state index >= 15 is 0 Å². The highest BCUT2D eigenvalue weighted by Crippen LogP contribution is 2.19. The van der Waals surface area contributed by atoms with Crippen LogP contribution < -0.4 is 0 Å². The van der Waals surface area contributed by atoms with Crippen molar-refractivity contribution in [2.75, 3.05) is 0 Å². The summed E-state index contributed by atoms with van der Waals surface area (Å²) in [5.74, 6) is 0. The molecule has 0 aliphatic carbocycles. The van der Waals surface area contributed by atoms with Crippen molar-refractivity contribution in [2.45, 2.75) is 20.8 Å².